The minimum atomic E-state index is 0.925. The van der Waals surface area contributed by atoms with Gasteiger partial charge in [-0.15, -0.1) is 0 Å². The number of hydrogen-bond acceptors (Lipinski definition) is 2. The molecule has 0 saturated heterocycles. The van der Waals surface area contributed by atoms with Gasteiger partial charge < -0.3 is 10.3 Å². The van der Waals surface area contributed by atoms with Crippen molar-refractivity contribution in [1.82, 2.24) is 0 Å². The van der Waals surface area contributed by atoms with E-state index in [0.29, 0.717) is 0 Å². The van der Waals surface area contributed by atoms with Crippen LogP contribution in [0.2, 0.25) is 0 Å². The summed E-state index contributed by atoms with van der Waals surface area (Å²) < 4.78 is 0. The Hall–Kier alpha value is -5.47. The van der Waals surface area contributed by atoms with Crippen LogP contribution in [0.1, 0.15) is 69.2 Å². The second-order valence-electron chi connectivity index (χ2n) is 11.4. The van der Waals surface area contributed by atoms with Crippen molar-refractivity contribution in [3.05, 3.63) is 217 Å². The fourth-order valence-electron chi connectivity index (χ4n) is 4.70. The maximum Gasteiger partial charge on any atom is 0.0455 e. The molecule has 266 valence electrons. The topological polar surface area (TPSA) is 27.1 Å². The Labute approximate surface area is 310 Å². The first-order chi connectivity index (χ1) is 24.9. The molecule has 0 heterocycles. The molecule has 51 heavy (non-hydrogen) atoms. The Kier molecular flexibility index (Phi) is 24.2. The highest BCUT2D eigenvalue weighted by Crippen LogP contribution is 2.26. The Morgan fingerprint density at radius 2 is 1.43 bits per heavy atom. The van der Waals surface area contributed by atoms with Gasteiger partial charge >= 0.3 is 0 Å². The number of nitrogens with zero attached hydrogens (tertiary/aromatic N) is 1. The van der Waals surface area contributed by atoms with E-state index in [1.807, 2.05) is 87.6 Å². The van der Waals surface area contributed by atoms with Crippen LogP contribution in [0.25, 0.3) is 5.57 Å². The molecule has 0 bridgehead atoms. The van der Waals surface area contributed by atoms with Gasteiger partial charge in [-0.1, -0.05) is 179 Å². The molecule has 0 atom stereocenters. The first-order valence-corrected chi connectivity index (χ1v) is 18.1. The van der Waals surface area contributed by atoms with Crippen LogP contribution >= 0.6 is 0 Å². The number of allylic oxidation sites excluding steroid dienone is 16. The van der Waals surface area contributed by atoms with Gasteiger partial charge in [0.2, 0.25) is 0 Å². The van der Waals surface area contributed by atoms with E-state index in [0.717, 1.165) is 53.7 Å². The Bertz CT molecular complexity index is 1670. The molecule has 0 amide bonds. The lowest BCUT2D eigenvalue weighted by molar-refractivity contribution is 0.953. The Balaban J connectivity index is 0.00000126. The minimum absolute atomic E-state index is 0.925. The highest BCUT2D eigenvalue weighted by Gasteiger charge is 2.06. The molecule has 0 fully saturated rings. The highest BCUT2D eigenvalue weighted by atomic mass is 15.1. The third-order valence-electron chi connectivity index (χ3n) is 7.40. The van der Waals surface area contributed by atoms with E-state index in [1.165, 1.54) is 22.9 Å². The summed E-state index contributed by atoms with van der Waals surface area (Å²) in [7, 11) is 0. The lowest BCUT2D eigenvalue weighted by Gasteiger charge is -2.18. The van der Waals surface area contributed by atoms with Crippen LogP contribution in [0.4, 0.5) is 5.69 Å². The summed E-state index contributed by atoms with van der Waals surface area (Å²) in [5.74, 6) is 0. The van der Waals surface area contributed by atoms with E-state index in [1.54, 1.807) is 6.08 Å². The summed E-state index contributed by atoms with van der Waals surface area (Å²) >= 11 is 0. The van der Waals surface area contributed by atoms with Gasteiger partial charge in [-0.2, -0.15) is 0 Å². The maximum atomic E-state index is 7.74. The first kappa shape index (κ1) is 43.6. The van der Waals surface area contributed by atoms with E-state index in [4.69, 9.17) is 5.41 Å². The van der Waals surface area contributed by atoms with Crippen molar-refractivity contribution in [2.75, 3.05) is 4.90 Å². The SMILES string of the molecule is C=C/C=C/C(=C\C=CN(/C=C\CCC)c1ccc(C)c(C(=C)/C=C\C=C/C)c1)C(/C=C\CCc1ccccc1)=C/C=N.CC.Cc1ccccc1. The number of hydrogen-bond donors (Lipinski definition) is 1. The summed E-state index contributed by atoms with van der Waals surface area (Å²) in [6.07, 6.45) is 35.7. The van der Waals surface area contributed by atoms with Gasteiger partial charge in [-0.05, 0) is 97.7 Å². The molecule has 2 nitrogen and oxygen atoms in total. The third-order valence-corrected chi connectivity index (χ3v) is 7.40. The van der Waals surface area contributed by atoms with Crippen LogP contribution < -0.4 is 4.90 Å². The van der Waals surface area contributed by atoms with Gasteiger partial charge in [0.1, 0.15) is 0 Å². The normalized spacial score (nSPS) is 12.0. The van der Waals surface area contributed by atoms with Crippen molar-refractivity contribution in [3.63, 3.8) is 0 Å². The van der Waals surface area contributed by atoms with Gasteiger partial charge in [-0.3, -0.25) is 0 Å². The molecule has 0 unspecified atom stereocenters. The van der Waals surface area contributed by atoms with Crippen LogP contribution in [0, 0.1) is 19.3 Å². The second kappa shape index (κ2) is 28.4. The molecule has 0 radical (unpaired) electrons. The Morgan fingerprint density at radius 1 is 0.745 bits per heavy atom. The van der Waals surface area contributed by atoms with Crippen molar-refractivity contribution in [2.24, 2.45) is 0 Å². The number of unbranched alkanes of at least 4 members (excludes halogenated alkanes) is 1. The highest BCUT2D eigenvalue weighted by molar-refractivity contribution is 5.77. The fourth-order valence-corrected chi connectivity index (χ4v) is 4.70. The number of nitrogens with one attached hydrogen (secondary N) is 1. The van der Waals surface area contributed by atoms with Crippen molar-refractivity contribution in [2.45, 2.75) is 67.2 Å². The quantitative estimate of drug-likeness (QED) is 0.112. The summed E-state index contributed by atoms with van der Waals surface area (Å²) in [5.41, 5.74) is 8.95. The molecule has 1 N–H and O–H groups in total. The zero-order valence-electron chi connectivity index (χ0n) is 31.9. The number of rotatable bonds is 17. The van der Waals surface area contributed by atoms with Crippen molar-refractivity contribution < 1.29 is 0 Å². The smallest absolute Gasteiger partial charge is 0.0455 e. The largest absolute Gasteiger partial charge is 0.324 e. The van der Waals surface area contributed by atoms with Crippen molar-refractivity contribution in [1.29, 1.82) is 5.41 Å². The van der Waals surface area contributed by atoms with Crippen molar-refractivity contribution in [3.8, 4) is 0 Å². The molecule has 0 saturated carbocycles. The summed E-state index contributed by atoms with van der Waals surface area (Å²) in [6.45, 7) is 20.5. The predicted octanol–water partition coefficient (Wildman–Crippen LogP) is 14.2. The molecular formula is C49H60N2. The van der Waals surface area contributed by atoms with Crippen LogP contribution in [0.3, 0.4) is 0 Å². The molecular weight excluding hydrogens is 617 g/mol. The monoisotopic (exact) mass is 676 g/mol. The number of anilines is 1. The lowest BCUT2D eigenvalue weighted by atomic mass is 10.00. The fraction of sp³-hybridized carbons (Fsp3) is 0.204. The summed E-state index contributed by atoms with van der Waals surface area (Å²) in [6, 6.07) is 27.2. The molecule has 3 aromatic rings. The zero-order valence-corrected chi connectivity index (χ0v) is 31.9. The summed E-state index contributed by atoms with van der Waals surface area (Å²) in [5, 5.41) is 7.74. The molecule has 0 aliphatic rings. The standard InChI is InChI=1S/C40H46N2.C7H8.C2H6/c1-6-9-13-20-34(4)40-33-39(28-27-35(40)5)42(31-18-10-7-2)32-19-26-37(24-11-8-3)38(29-30-41)25-17-16-23-36-21-14-12-15-22-36;1-7-5-3-2-4-6-7;1-2/h6,8-9,11-15,17-22,24-33,41H,3-4,7,10,16,23H2,1-2,5H3;2-6H,1H3;1-2H3/b9-6-,20-13-,24-11+,25-17-,31-18-,32-19?,37-26+,38-29+,41-30?;;. The van der Waals surface area contributed by atoms with E-state index >= 15 is 0 Å². The maximum absolute atomic E-state index is 7.74. The molecule has 0 aliphatic carbocycles. The predicted molar refractivity (Wildman–Crippen MR) is 231 cm³/mol. The molecule has 2 heteroatoms. The van der Waals surface area contributed by atoms with Gasteiger partial charge in [0, 0.05) is 24.3 Å². The molecule has 0 aliphatic heterocycles. The van der Waals surface area contributed by atoms with Crippen LogP contribution in [-0.2, 0) is 6.42 Å². The number of benzene rings is 3. The average Bonchev–Trinajstić information content (AvgIpc) is 3.16. The van der Waals surface area contributed by atoms with Gasteiger partial charge in [0.15, 0.2) is 0 Å². The van der Waals surface area contributed by atoms with Crippen molar-refractivity contribution >= 4 is 17.5 Å². The van der Waals surface area contributed by atoms with E-state index < -0.39 is 0 Å². The molecule has 3 rings (SSSR count). The molecule has 0 spiro atoms. The molecule has 0 aromatic heterocycles. The molecule has 3 aromatic carbocycles. The van der Waals surface area contributed by atoms with Gasteiger partial charge in [0.05, 0.1) is 0 Å². The van der Waals surface area contributed by atoms with Crippen LogP contribution in [0.5, 0.6) is 0 Å². The number of aryl methyl sites for hydroxylation is 3. The lowest BCUT2D eigenvalue weighted by Crippen LogP contribution is -2.07. The minimum Gasteiger partial charge on any atom is -0.324 e. The van der Waals surface area contributed by atoms with Gasteiger partial charge in [-0.25, -0.2) is 0 Å². The van der Waals surface area contributed by atoms with E-state index in [9.17, 15) is 0 Å². The Morgan fingerprint density at radius 3 is 2.04 bits per heavy atom. The van der Waals surface area contributed by atoms with Gasteiger partial charge in [0.25, 0.3) is 0 Å². The summed E-state index contributed by atoms with van der Waals surface area (Å²) in [4.78, 5) is 2.14. The first-order valence-electron chi connectivity index (χ1n) is 18.1. The second-order valence-corrected chi connectivity index (χ2v) is 11.4. The van der Waals surface area contributed by atoms with E-state index in [-0.39, 0.29) is 0 Å². The average molecular weight is 677 g/mol. The van der Waals surface area contributed by atoms with Crippen LogP contribution in [0.15, 0.2) is 195 Å². The van der Waals surface area contributed by atoms with Crippen LogP contribution in [-0.4, -0.2) is 6.21 Å². The van der Waals surface area contributed by atoms with E-state index in [2.05, 4.69) is 136 Å². The zero-order chi connectivity index (χ0) is 37.5. The third kappa shape index (κ3) is 18.8.